The highest BCUT2D eigenvalue weighted by atomic mass is 16.5. The summed E-state index contributed by atoms with van der Waals surface area (Å²) >= 11 is 0. The first-order valence-corrected chi connectivity index (χ1v) is 20.3. The summed E-state index contributed by atoms with van der Waals surface area (Å²) in [5.74, 6) is 11.0. The van der Waals surface area contributed by atoms with Crippen molar-refractivity contribution in [3.05, 3.63) is 0 Å². The Labute approximate surface area is 291 Å². The van der Waals surface area contributed by atoms with E-state index in [2.05, 4.69) is 29.4 Å². The zero-order chi connectivity index (χ0) is 33.9. The van der Waals surface area contributed by atoms with Gasteiger partial charge in [-0.2, -0.15) is 0 Å². The Kier molecular flexibility index (Phi) is 15.3. The number of fused-ring (bicyclic) bond motifs is 2. The zero-order valence-electron chi connectivity index (χ0n) is 30.4. The van der Waals surface area contributed by atoms with Crippen molar-refractivity contribution in [1.29, 1.82) is 0 Å². The van der Waals surface area contributed by atoms with Gasteiger partial charge < -0.3 is 20.3 Å². The average molecular weight is 670 g/mol. The molecule has 0 amide bonds. The van der Waals surface area contributed by atoms with Crippen molar-refractivity contribution in [2.45, 2.75) is 154 Å². The topological polar surface area (TPSA) is 112 Å². The molecule has 4 aliphatic carbocycles. The van der Waals surface area contributed by atoms with Crippen molar-refractivity contribution >= 4 is 11.6 Å². The molecule has 5 N–H and O–H groups in total. The number of ketones is 2. The van der Waals surface area contributed by atoms with Crippen LogP contribution in [0.5, 0.6) is 0 Å². The molecular weight excluding hydrogens is 600 g/mol. The third kappa shape index (κ3) is 10.6. The fourth-order valence-electron chi connectivity index (χ4n) is 10.8. The van der Waals surface area contributed by atoms with E-state index in [4.69, 9.17) is 4.74 Å². The normalized spacial score (nSPS) is 38.8. The van der Waals surface area contributed by atoms with Crippen LogP contribution >= 0.6 is 0 Å². The number of hydrogen-bond donors (Lipinski definition) is 4. The molecule has 1 aliphatic heterocycles. The minimum atomic E-state index is -0.488. The Bertz CT molecular complexity index is 1060. The molecule has 5 aliphatic rings. The number of carbonyl (C=O) groups excluding carboxylic acids is 2. The molecule has 0 bridgehead atoms. The number of hydrogen-bond acceptors (Lipinski definition) is 6. The van der Waals surface area contributed by atoms with Crippen LogP contribution in [0, 0.1) is 65.1 Å². The van der Waals surface area contributed by atoms with E-state index in [-0.39, 0.29) is 60.3 Å². The summed E-state index contributed by atoms with van der Waals surface area (Å²) in [6, 6.07) is 0. The lowest BCUT2D eigenvalue weighted by atomic mass is 9.63. The lowest BCUT2D eigenvalue weighted by Crippen LogP contribution is -2.95. The minimum Gasteiger partial charge on any atom is -0.396 e. The molecule has 48 heavy (non-hydrogen) atoms. The largest absolute Gasteiger partial charge is 0.396 e. The second-order valence-electron chi connectivity index (χ2n) is 16.8. The Morgan fingerprint density at radius 2 is 1.73 bits per heavy atom. The molecule has 3 saturated carbocycles. The number of Topliss-reactive ketones (excluding diaryl/α,β-unsaturated/α-hetero) is 2. The quantitative estimate of drug-likeness (QED) is 0.133. The predicted molar refractivity (Wildman–Crippen MR) is 190 cm³/mol. The van der Waals surface area contributed by atoms with Crippen molar-refractivity contribution < 1.29 is 29.9 Å². The molecule has 7 nitrogen and oxygen atoms in total. The van der Waals surface area contributed by atoms with Crippen molar-refractivity contribution in [3.63, 3.8) is 0 Å². The highest BCUT2D eigenvalue weighted by Gasteiger charge is 2.44. The molecule has 7 heteroatoms. The number of methoxy groups -OCH3 is 1. The maximum atomic E-state index is 14.1. The zero-order valence-corrected chi connectivity index (χ0v) is 30.4. The SMILES string of the molecule is CCCCC1CC(CC2CC[NH2+]C(NCCCO)C2)CC2C#CC(C3CCCCC3)C3CC(O)C(OC)CC3CCC(=O)CC(=O)C2C1. The summed E-state index contributed by atoms with van der Waals surface area (Å²) in [6.45, 7) is 4.50. The van der Waals surface area contributed by atoms with Gasteiger partial charge in [0.05, 0.1) is 25.2 Å². The molecule has 0 spiro atoms. The van der Waals surface area contributed by atoms with E-state index >= 15 is 0 Å². The van der Waals surface area contributed by atoms with E-state index < -0.39 is 6.10 Å². The van der Waals surface area contributed by atoms with Crippen LogP contribution in [-0.4, -0.2) is 67.0 Å². The van der Waals surface area contributed by atoms with Crippen molar-refractivity contribution in [1.82, 2.24) is 5.32 Å². The van der Waals surface area contributed by atoms with Gasteiger partial charge in [0.15, 0.2) is 0 Å². The highest BCUT2D eigenvalue weighted by Crippen LogP contribution is 2.46. The van der Waals surface area contributed by atoms with Crippen LogP contribution in [0.2, 0.25) is 0 Å². The second kappa shape index (κ2) is 19.3. The summed E-state index contributed by atoms with van der Waals surface area (Å²) in [4.78, 5) is 27.6. The second-order valence-corrected chi connectivity index (χ2v) is 16.8. The number of aliphatic hydroxyl groups excluding tert-OH is 2. The molecule has 272 valence electrons. The van der Waals surface area contributed by atoms with E-state index in [0.717, 1.165) is 51.6 Å². The molecule has 4 fully saturated rings. The Balaban J connectivity index is 1.44. The first-order chi connectivity index (χ1) is 23.4. The maximum absolute atomic E-state index is 14.1. The van der Waals surface area contributed by atoms with E-state index in [1.54, 1.807) is 7.11 Å². The fourth-order valence-corrected chi connectivity index (χ4v) is 10.8. The van der Waals surface area contributed by atoms with Crippen LogP contribution in [0.15, 0.2) is 0 Å². The van der Waals surface area contributed by atoms with Crippen LogP contribution in [0.3, 0.4) is 0 Å². The smallest absolute Gasteiger partial charge is 0.144 e. The van der Waals surface area contributed by atoms with Crippen molar-refractivity contribution in [2.75, 3.05) is 26.8 Å². The van der Waals surface area contributed by atoms with Crippen molar-refractivity contribution in [2.24, 2.45) is 53.3 Å². The van der Waals surface area contributed by atoms with Crippen LogP contribution in [-0.2, 0) is 14.3 Å². The number of piperidine rings is 1. The monoisotopic (exact) mass is 670 g/mol. The van der Waals surface area contributed by atoms with Crippen LogP contribution < -0.4 is 10.6 Å². The Morgan fingerprint density at radius 1 is 0.896 bits per heavy atom. The number of rotatable bonds is 11. The molecular formula is C41H69N2O5+. The number of carbonyl (C=O) groups is 2. The van der Waals surface area contributed by atoms with E-state index in [1.165, 1.54) is 70.6 Å². The van der Waals surface area contributed by atoms with Crippen LogP contribution in [0.1, 0.15) is 135 Å². The molecule has 0 radical (unpaired) electrons. The lowest BCUT2D eigenvalue weighted by Gasteiger charge is -2.44. The van der Waals surface area contributed by atoms with Gasteiger partial charge in [-0.15, -0.1) is 0 Å². The van der Waals surface area contributed by atoms with Gasteiger partial charge in [0.1, 0.15) is 17.7 Å². The van der Waals surface area contributed by atoms with Gasteiger partial charge in [0.2, 0.25) is 0 Å². The standard InChI is InChI=1S/C41H68N2O5/c1-3-4-9-28-20-30(21-29-16-18-43-41(24-29)42-17-8-19-44)22-32-13-15-35(31-10-6-5-7-11-31)36-27-39(47)40(48-2)25-33(36)12-14-34(45)26-38(46)37(32)23-28/h28-33,35-37,39-44,47H,3-12,14,16-27H2,1-2H3/p+1. The molecule has 0 aromatic rings. The Hall–Kier alpha value is -1.30. The predicted octanol–water partition coefficient (Wildman–Crippen LogP) is 5.41. The molecule has 11 atom stereocenters. The fraction of sp³-hybridized carbons (Fsp3) is 0.902. The number of quaternary nitrogens is 1. The summed E-state index contributed by atoms with van der Waals surface area (Å²) < 4.78 is 5.74. The third-order valence-corrected chi connectivity index (χ3v) is 13.3. The van der Waals surface area contributed by atoms with Gasteiger partial charge in [-0.1, -0.05) is 57.3 Å². The minimum absolute atomic E-state index is 0.0137. The summed E-state index contributed by atoms with van der Waals surface area (Å²) in [7, 11) is 1.70. The molecule has 5 rings (SSSR count). The highest BCUT2D eigenvalue weighted by molar-refractivity contribution is 6.00. The lowest BCUT2D eigenvalue weighted by molar-refractivity contribution is -0.705. The van der Waals surface area contributed by atoms with E-state index in [0.29, 0.717) is 42.7 Å². The van der Waals surface area contributed by atoms with Crippen LogP contribution in [0.4, 0.5) is 0 Å². The first-order valence-electron chi connectivity index (χ1n) is 20.3. The number of aliphatic hydroxyl groups is 2. The van der Waals surface area contributed by atoms with Gasteiger partial charge in [-0.05, 0) is 106 Å². The van der Waals surface area contributed by atoms with Gasteiger partial charge in [0, 0.05) is 50.9 Å². The molecule has 1 heterocycles. The molecule has 0 aromatic carbocycles. The van der Waals surface area contributed by atoms with Gasteiger partial charge in [-0.25, -0.2) is 0 Å². The van der Waals surface area contributed by atoms with E-state index in [1.807, 2.05) is 0 Å². The maximum Gasteiger partial charge on any atom is 0.144 e. The number of unbranched alkanes of at least 4 members (excludes halogenated alkanes) is 1. The average Bonchev–Trinajstić information content (AvgIpc) is 3.26. The Morgan fingerprint density at radius 3 is 2.50 bits per heavy atom. The summed E-state index contributed by atoms with van der Waals surface area (Å²) in [6.07, 6.45) is 19.7. The molecule has 1 saturated heterocycles. The molecule has 11 unspecified atom stereocenters. The van der Waals surface area contributed by atoms with E-state index in [9.17, 15) is 19.8 Å². The first kappa shape index (κ1) is 37.9. The van der Waals surface area contributed by atoms with Crippen molar-refractivity contribution in [3.8, 4) is 11.8 Å². The van der Waals surface area contributed by atoms with Crippen LogP contribution in [0.25, 0.3) is 0 Å². The van der Waals surface area contributed by atoms with Gasteiger partial charge in [0.25, 0.3) is 0 Å². The summed E-state index contributed by atoms with van der Waals surface area (Å²) in [5.41, 5.74) is 0. The number of nitrogens with one attached hydrogen (secondary N) is 1. The van der Waals surface area contributed by atoms with Gasteiger partial charge in [-0.3, -0.25) is 14.9 Å². The van der Waals surface area contributed by atoms with Gasteiger partial charge >= 0.3 is 0 Å². The number of nitrogens with two attached hydrogens (primary N) is 1. The number of ether oxygens (including phenoxy) is 1. The third-order valence-electron chi connectivity index (χ3n) is 13.3. The molecule has 0 aromatic heterocycles. The summed E-state index contributed by atoms with van der Waals surface area (Å²) in [5, 5.41) is 26.6.